The summed E-state index contributed by atoms with van der Waals surface area (Å²) >= 11 is 0. The van der Waals surface area contributed by atoms with E-state index in [-0.39, 0.29) is 10.8 Å². The molecule has 144 valence electrons. The molecule has 2 heterocycles. The summed E-state index contributed by atoms with van der Waals surface area (Å²) in [5.41, 5.74) is 2.31. The van der Waals surface area contributed by atoms with Gasteiger partial charge in [0.15, 0.2) is 0 Å². The van der Waals surface area contributed by atoms with Crippen LogP contribution in [0.4, 0.5) is 5.69 Å². The normalized spacial score (nSPS) is 14.8. The average molecular weight is 388 g/mol. The Morgan fingerprint density at radius 2 is 1.78 bits per heavy atom. The number of nitrogens with one attached hydrogen (secondary N) is 1. The molecule has 2 aromatic rings. The number of rotatable bonds is 6. The number of hydrogen-bond acceptors (Lipinski definition) is 5. The lowest BCUT2D eigenvalue weighted by atomic mass is 10.1. The maximum atomic E-state index is 12.4. The van der Waals surface area contributed by atoms with Crippen LogP contribution < -0.4 is 10.5 Å². The van der Waals surface area contributed by atoms with Gasteiger partial charge in [-0.15, -0.1) is 0 Å². The van der Waals surface area contributed by atoms with Crippen LogP contribution in [0.3, 0.4) is 0 Å². The first-order valence-corrected chi connectivity index (χ1v) is 10.6. The highest BCUT2D eigenvalue weighted by molar-refractivity contribution is 7.89. The summed E-state index contributed by atoms with van der Waals surface area (Å²) in [7, 11) is -3.66. The van der Waals surface area contributed by atoms with E-state index >= 15 is 0 Å². The molecular formula is C19H24N4O3S. The van der Waals surface area contributed by atoms with Crippen molar-refractivity contribution in [2.24, 2.45) is 5.14 Å². The number of sulfonamides is 1. The predicted octanol–water partition coefficient (Wildman–Crippen LogP) is 2.01. The summed E-state index contributed by atoms with van der Waals surface area (Å²) in [6, 6.07) is 10.1. The number of aromatic nitrogens is 1. The predicted molar refractivity (Wildman–Crippen MR) is 104 cm³/mol. The molecule has 0 saturated carbocycles. The monoisotopic (exact) mass is 388 g/mol. The van der Waals surface area contributed by atoms with Crippen LogP contribution in [0.1, 0.15) is 35.3 Å². The van der Waals surface area contributed by atoms with Gasteiger partial charge in [-0.3, -0.25) is 4.79 Å². The first kappa shape index (κ1) is 19.3. The molecule has 7 nitrogen and oxygen atoms in total. The van der Waals surface area contributed by atoms with Crippen LogP contribution in [0.2, 0.25) is 0 Å². The van der Waals surface area contributed by atoms with Crippen molar-refractivity contribution < 1.29 is 13.2 Å². The quantitative estimate of drug-likeness (QED) is 0.787. The number of primary sulfonamides is 1. The molecule has 1 amide bonds. The number of anilines is 1. The Morgan fingerprint density at radius 1 is 1.07 bits per heavy atom. The minimum Gasteiger partial charge on any atom is -0.383 e. The van der Waals surface area contributed by atoms with E-state index in [0.29, 0.717) is 12.2 Å². The molecule has 1 aromatic carbocycles. The summed E-state index contributed by atoms with van der Waals surface area (Å²) in [6.45, 7) is 2.28. The van der Waals surface area contributed by atoms with Crippen LogP contribution in [-0.2, 0) is 16.4 Å². The van der Waals surface area contributed by atoms with Crippen molar-refractivity contribution in [3.63, 3.8) is 0 Å². The lowest BCUT2D eigenvalue weighted by Gasteiger charge is -2.26. The van der Waals surface area contributed by atoms with Crippen LogP contribution in [0.5, 0.6) is 0 Å². The van der Waals surface area contributed by atoms with Gasteiger partial charge < -0.3 is 10.2 Å². The second-order valence-electron chi connectivity index (χ2n) is 6.65. The van der Waals surface area contributed by atoms with Gasteiger partial charge in [-0.05, 0) is 55.5 Å². The topological polar surface area (TPSA) is 105 Å². The molecule has 3 rings (SSSR count). The molecule has 1 aromatic heterocycles. The largest absolute Gasteiger partial charge is 0.383 e. The maximum Gasteiger partial charge on any atom is 0.272 e. The number of piperidine rings is 1. The third kappa shape index (κ3) is 5.27. The lowest BCUT2D eigenvalue weighted by molar-refractivity contribution is 0.0718. The summed E-state index contributed by atoms with van der Waals surface area (Å²) in [4.78, 5) is 18.7. The maximum absolute atomic E-state index is 12.4. The Labute approximate surface area is 159 Å². The van der Waals surface area contributed by atoms with E-state index in [2.05, 4.69) is 10.3 Å². The van der Waals surface area contributed by atoms with Gasteiger partial charge in [0.05, 0.1) is 16.8 Å². The molecule has 0 aliphatic carbocycles. The minimum atomic E-state index is -3.66. The standard InChI is InChI=1S/C19H24N4O3S/c20-27(25,26)17-7-4-15(5-8-17)10-11-21-16-6-9-18(22-14-16)19(24)23-12-2-1-3-13-23/h4-9,14,21H,1-3,10-13H2,(H2,20,25,26). The third-order valence-corrected chi connectivity index (χ3v) is 5.55. The van der Waals surface area contributed by atoms with Crippen LogP contribution in [0.25, 0.3) is 0 Å². The first-order chi connectivity index (χ1) is 12.9. The number of likely N-dealkylation sites (tertiary alicyclic amines) is 1. The van der Waals surface area contributed by atoms with Crippen LogP contribution >= 0.6 is 0 Å². The van der Waals surface area contributed by atoms with Crippen molar-refractivity contribution in [1.29, 1.82) is 0 Å². The number of carbonyl (C=O) groups excluding carboxylic acids is 1. The summed E-state index contributed by atoms with van der Waals surface area (Å²) in [5, 5.41) is 8.34. The molecule has 1 fully saturated rings. The van der Waals surface area contributed by atoms with E-state index in [4.69, 9.17) is 5.14 Å². The molecule has 0 bridgehead atoms. The van der Waals surface area contributed by atoms with Crippen molar-refractivity contribution in [1.82, 2.24) is 9.88 Å². The molecule has 0 spiro atoms. The van der Waals surface area contributed by atoms with E-state index < -0.39 is 10.0 Å². The van der Waals surface area contributed by atoms with Gasteiger partial charge in [-0.2, -0.15) is 0 Å². The fourth-order valence-corrected chi connectivity index (χ4v) is 3.60. The van der Waals surface area contributed by atoms with Crippen molar-refractivity contribution in [3.8, 4) is 0 Å². The third-order valence-electron chi connectivity index (χ3n) is 4.62. The van der Waals surface area contributed by atoms with E-state index in [1.165, 1.54) is 18.6 Å². The number of nitrogens with two attached hydrogens (primary N) is 1. The second-order valence-corrected chi connectivity index (χ2v) is 8.21. The van der Waals surface area contributed by atoms with Crippen molar-refractivity contribution in [2.45, 2.75) is 30.6 Å². The van der Waals surface area contributed by atoms with Gasteiger partial charge in [-0.25, -0.2) is 18.5 Å². The van der Waals surface area contributed by atoms with Crippen LogP contribution in [-0.4, -0.2) is 43.8 Å². The molecule has 1 aliphatic heterocycles. The number of benzene rings is 1. The molecule has 1 aliphatic rings. The molecule has 8 heteroatoms. The molecule has 27 heavy (non-hydrogen) atoms. The Morgan fingerprint density at radius 3 is 2.37 bits per heavy atom. The average Bonchev–Trinajstić information content (AvgIpc) is 2.68. The van der Waals surface area contributed by atoms with Gasteiger partial charge in [0.2, 0.25) is 10.0 Å². The van der Waals surface area contributed by atoms with Gasteiger partial charge in [0.1, 0.15) is 5.69 Å². The van der Waals surface area contributed by atoms with Gasteiger partial charge in [-0.1, -0.05) is 12.1 Å². The number of nitrogens with zero attached hydrogens (tertiary/aromatic N) is 2. The van der Waals surface area contributed by atoms with E-state index in [1.54, 1.807) is 24.4 Å². The zero-order chi connectivity index (χ0) is 19.3. The summed E-state index contributed by atoms with van der Waals surface area (Å²) in [5.74, 6) is -0.00352. The van der Waals surface area contributed by atoms with E-state index in [0.717, 1.165) is 43.6 Å². The fourth-order valence-electron chi connectivity index (χ4n) is 3.08. The van der Waals surface area contributed by atoms with Crippen molar-refractivity contribution >= 4 is 21.6 Å². The Balaban J connectivity index is 1.50. The SMILES string of the molecule is NS(=O)(=O)c1ccc(CCNc2ccc(C(=O)N3CCCCC3)nc2)cc1. The highest BCUT2D eigenvalue weighted by Crippen LogP contribution is 2.14. The Kier molecular flexibility index (Phi) is 6.08. The van der Waals surface area contributed by atoms with Crippen LogP contribution in [0.15, 0.2) is 47.5 Å². The number of carbonyl (C=O) groups is 1. The fraction of sp³-hybridized carbons (Fsp3) is 0.368. The molecular weight excluding hydrogens is 364 g/mol. The van der Waals surface area contributed by atoms with Gasteiger partial charge >= 0.3 is 0 Å². The molecule has 3 N–H and O–H groups in total. The zero-order valence-electron chi connectivity index (χ0n) is 15.1. The van der Waals surface area contributed by atoms with E-state index in [1.807, 2.05) is 11.0 Å². The molecule has 0 radical (unpaired) electrons. The Hall–Kier alpha value is -2.45. The number of hydrogen-bond donors (Lipinski definition) is 2. The van der Waals surface area contributed by atoms with Crippen molar-refractivity contribution in [2.75, 3.05) is 25.0 Å². The Bertz CT molecular complexity index is 874. The number of pyridine rings is 1. The van der Waals surface area contributed by atoms with Gasteiger partial charge in [0, 0.05) is 19.6 Å². The summed E-state index contributed by atoms with van der Waals surface area (Å²) < 4.78 is 22.5. The lowest BCUT2D eigenvalue weighted by Crippen LogP contribution is -2.36. The molecule has 0 unspecified atom stereocenters. The minimum absolute atomic E-state index is 0.00352. The second kappa shape index (κ2) is 8.49. The molecule has 0 atom stereocenters. The highest BCUT2D eigenvalue weighted by atomic mass is 32.2. The van der Waals surface area contributed by atoms with E-state index in [9.17, 15) is 13.2 Å². The first-order valence-electron chi connectivity index (χ1n) is 9.04. The molecule has 1 saturated heterocycles. The van der Waals surface area contributed by atoms with Gasteiger partial charge in [0.25, 0.3) is 5.91 Å². The van der Waals surface area contributed by atoms with Crippen LogP contribution in [0, 0.1) is 0 Å². The number of amides is 1. The highest BCUT2D eigenvalue weighted by Gasteiger charge is 2.18. The summed E-state index contributed by atoms with van der Waals surface area (Å²) in [6.07, 6.45) is 5.69. The zero-order valence-corrected chi connectivity index (χ0v) is 15.9. The smallest absolute Gasteiger partial charge is 0.272 e. The van der Waals surface area contributed by atoms with Crippen molar-refractivity contribution in [3.05, 3.63) is 53.9 Å².